The highest BCUT2D eigenvalue weighted by molar-refractivity contribution is 5.49. The fourth-order valence-electron chi connectivity index (χ4n) is 4.20. The summed E-state index contributed by atoms with van der Waals surface area (Å²) in [6.45, 7) is 10.4. The molecule has 1 aromatic heterocycles. The van der Waals surface area contributed by atoms with Gasteiger partial charge in [0.05, 0.1) is 38.8 Å². The van der Waals surface area contributed by atoms with Crippen LogP contribution in [0.2, 0.25) is 0 Å². The van der Waals surface area contributed by atoms with E-state index in [9.17, 15) is 0 Å². The van der Waals surface area contributed by atoms with Gasteiger partial charge in [0.15, 0.2) is 6.04 Å². The molecule has 158 valence electrons. The lowest BCUT2D eigenvalue weighted by atomic mass is 10.0. The Bertz CT molecular complexity index is 940. The zero-order chi connectivity index (χ0) is 21.1. The Morgan fingerprint density at radius 2 is 1.63 bits per heavy atom. The fourth-order valence-corrected chi connectivity index (χ4v) is 4.20. The summed E-state index contributed by atoms with van der Waals surface area (Å²) in [7, 11) is 1.70. The van der Waals surface area contributed by atoms with E-state index in [0.29, 0.717) is 0 Å². The standard InChI is InChI=1S/C23H30N6O/c1-23(2,3)29-22(24-25-26-29)21(18-8-6-5-7-9-18)28-16-14-27(15-17-28)19-10-12-20(30-4)13-11-19/h5-13,21H,14-17H2,1-4H3/p+1/t21-/m1/s1. The second-order valence-electron chi connectivity index (χ2n) is 8.81. The molecule has 3 aromatic rings. The Hall–Kier alpha value is -2.93. The van der Waals surface area contributed by atoms with Crippen molar-refractivity contribution in [2.45, 2.75) is 32.4 Å². The van der Waals surface area contributed by atoms with Gasteiger partial charge in [-0.15, -0.1) is 5.10 Å². The predicted octanol–water partition coefficient (Wildman–Crippen LogP) is 1.93. The van der Waals surface area contributed by atoms with E-state index < -0.39 is 0 Å². The molecule has 1 aliphatic heterocycles. The summed E-state index contributed by atoms with van der Waals surface area (Å²) < 4.78 is 7.27. The van der Waals surface area contributed by atoms with Crippen LogP contribution in [0.4, 0.5) is 5.69 Å². The van der Waals surface area contributed by atoms with E-state index in [4.69, 9.17) is 4.74 Å². The van der Waals surface area contributed by atoms with E-state index in [2.05, 4.69) is 83.7 Å². The number of piperazine rings is 1. The number of rotatable bonds is 5. The van der Waals surface area contributed by atoms with E-state index in [1.165, 1.54) is 16.2 Å². The largest absolute Gasteiger partial charge is 0.497 e. The molecule has 1 N–H and O–H groups in total. The molecule has 1 saturated heterocycles. The van der Waals surface area contributed by atoms with Crippen molar-refractivity contribution in [1.29, 1.82) is 0 Å². The topological polar surface area (TPSA) is 60.5 Å². The third-order valence-corrected chi connectivity index (χ3v) is 5.77. The lowest BCUT2D eigenvalue weighted by molar-refractivity contribution is -0.927. The van der Waals surface area contributed by atoms with Crippen molar-refractivity contribution < 1.29 is 9.64 Å². The van der Waals surface area contributed by atoms with Crippen molar-refractivity contribution >= 4 is 5.69 Å². The van der Waals surface area contributed by atoms with E-state index in [0.717, 1.165) is 37.8 Å². The zero-order valence-corrected chi connectivity index (χ0v) is 18.2. The van der Waals surface area contributed by atoms with Crippen molar-refractivity contribution in [3.05, 3.63) is 66.0 Å². The molecule has 1 aliphatic rings. The monoisotopic (exact) mass is 407 g/mol. The number of nitrogens with zero attached hydrogens (tertiary/aromatic N) is 5. The number of benzene rings is 2. The molecule has 1 atom stereocenters. The van der Waals surface area contributed by atoms with E-state index in [1.807, 2.05) is 16.8 Å². The third kappa shape index (κ3) is 4.16. The SMILES string of the molecule is COc1ccc(N2CC[NH+]([C@H](c3ccccc3)c3nnnn3C(C)(C)C)CC2)cc1. The van der Waals surface area contributed by atoms with E-state index >= 15 is 0 Å². The number of ether oxygens (including phenoxy) is 1. The van der Waals surface area contributed by atoms with Crippen molar-refractivity contribution in [2.24, 2.45) is 0 Å². The maximum atomic E-state index is 5.29. The van der Waals surface area contributed by atoms with Gasteiger partial charge in [-0.1, -0.05) is 30.3 Å². The predicted molar refractivity (Wildman–Crippen MR) is 117 cm³/mol. The van der Waals surface area contributed by atoms with Crippen molar-refractivity contribution in [2.75, 3.05) is 38.2 Å². The quantitative estimate of drug-likeness (QED) is 0.700. The highest BCUT2D eigenvalue weighted by Gasteiger charge is 2.36. The normalized spacial score (nSPS) is 16.5. The van der Waals surface area contributed by atoms with Crippen LogP contribution in [0.25, 0.3) is 0 Å². The van der Waals surface area contributed by atoms with Crippen LogP contribution in [0.15, 0.2) is 54.6 Å². The number of hydrogen-bond donors (Lipinski definition) is 1. The molecular formula is C23H31N6O+. The Morgan fingerprint density at radius 1 is 0.967 bits per heavy atom. The average Bonchev–Trinajstić information content (AvgIpc) is 3.25. The lowest BCUT2D eigenvalue weighted by Gasteiger charge is -2.37. The number of aromatic nitrogens is 4. The van der Waals surface area contributed by atoms with Crippen LogP contribution in [0.5, 0.6) is 5.75 Å². The first-order chi connectivity index (χ1) is 14.5. The molecule has 0 saturated carbocycles. The van der Waals surface area contributed by atoms with Crippen LogP contribution in [0.1, 0.15) is 38.2 Å². The molecule has 0 spiro atoms. The molecule has 0 radical (unpaired) electrons. The van der Waals surface area contributed by atoms with Gasteiger partial charge in [-0.05, 0) is 55.5 Å². The van der Waals surface area contributed by atoms with E-state index in [1.54, 1.807) is 7.11 Å². The number of anilines is 1. The summed E-state index contributed by atoms with van der Waals surface area (Å²) in [6, 6.07) is 19.1. The number of tetrazole rings is 1. The molecule has 7 heteroatoms. The van der Waals surface area contributed by atoms with Gasteiger partial charge in [0.1, 0.15) is 5.75 Å². The molecule has 7 nitrogen and oxygen atoms in total. The number of nitrogens with one attached hydrogen (secondary N) is 1. The third-order valence-electron chi connectivity index (χ3n) is 5.77. The van der Waals surface area contributed by atoms with E-state index in [-0.39, 0.29) is 11.6 Å². The van der Waals surface area contributed by atoms with Gasteiger partial charge in [0, 0.05) is 11.3 Å². The molecule has 4 rings (SSSR count). The van der Waals surface area contributed by atoms with Gasteiger partial charge in [0.2, 0.25) is 5.82 Å². The Morgan fingerprint density at radius 3 is 2.23 bits per heavy atom. The summed E-state index contributed by atoms with van der Waals surface area (Å²) in [5, 5.41) is 12.8. The maximum Gasteiger partial charge on any atom is 0.214 e. The number of methoxy groups -OCH3 is 1. The molecular weight excluding hydrogens is 376 g/mol. The van der Waals surface area contributed by atoms with Crippen LogP contribution in [0.3, 0.4) is 0 Å². The average molecular weight is 408 g/mol. The molecule has 1 fully saturated rings. The van der Waals surface area contributed by atoms with Gasteiger partial charge < -0.3 is 14.5 Å². The van der Waals surface area contributed by atoms with Crippen LogP contribution < -0.4 is 14.5 Å². The van der Waals surface area contributed by atoms with Gasteiger partial charge in [-0.3, -0.25) is 0 Å². The zero-order valence-electron chi connectivity index (χ0n) is 18.2. The Labute approximate surface area is 178 Å². The fraction of sp³-hybridized carbons (Fsp3) is 0.435. The molecule has 0 bridgehead atoms. The summed E-state index contributed by atoms with van der Waals surface area (Å²) >= 11 is 0. The van der Waals surface area contributed by atoms with Crippen LogP contribution in [-0.4, -0.2) is 53.5 Å². The molecule has 2 heterocycles. The van der Waals surface area contributed by atoms with Gasteiger partial charge >= 0.3 is 0 Å². The molecule has 0 unspecified atom stereocenters. The molecule has 0 amide bonds. The Kier molecular flexibility index (Phi) is 5.72. The summed E-state index contributed by atoms with van der Waals surface area (Å²) in [4.78, 5) is 3.93. The number of quaternary nitrogens is 1. The van der Waals surface area contributed by atoms with Crippen molar-refractivity contribution in [3.63, 3.8) is 0 Å². The van der Waals surface area contributed by atoms with Gasteiger partial charge in [-0.2, -0.15) is 0 Å². The minimum atomic E-state index is -0.170. The molecule has 30 heavy (non-hydrogen) atoms. The lowest BCUT2D eigenvalue weighted by Crippen LogP contribution is -3.15. The minimum Gasteiger partial charge on any atom is -0.497 e. The first kappa shape index (κ1) is 20.3. The first-order valence-corrected chi connectivity index (χ1v) is 10.5. The summed E-state index contributed by atoms with van der Waals surface area (Å²) in [6.07, 6.45) is 0. The smallest absolute Gasteiger partial charge is 0.214 e. The van der Waals surface area contributed by atoms with Gasteiger partial charge in [0.25, 0.3) is 0 Å². The van der Waals surface area contributed by atoms with Gasteiger partial charge in [-0.25, -0.2) is 4.68 Å². The van der Waals surface area contributed by atoms with Crippen LogP contribution >= 0.6 is 0 Å². The molecule has 2 aromatic carbocycles. The van der Waals surface area contributed by atoms with Crippen molar-refractivity contribution in [1.82, 2.24) is 20.2 Å². The number of hydrogen-bond acceptors (Lipinski definition) is 5. The first-order valence-electron chi connectivity index (χ1n) is 10.5. The summed E-state index contributed by atoms with van der Waals surface area (Å²) in [5.41, 5.74) is 2.33. The highest BCUT2D eigenvalue weighted by atomic mass is 16.5. The summed E-state index contributed by atoms with van der Waals surface area (Å²) in [5.74, 6) is 1.82. The maximum absolute atomic E-state index is 5.29. The second kappa shape index (κ2) is 8.44. The minimum absolute atomic E-state index is 0.110. The van der Waals surface area contributed by atoms with Crippen molar-refractivity contribution in [3.8, 4) is 5.75 Å². The second-order valence-corrected chi connectivity index (χ2v) is 8.81. The highest BCUT2D eigenvalue weighted by Crippen LogP contribution is 2.23. The Balaban J connectivity index is 1.58. The van der Waals surface area contributed by atoms with Crippen LogP contribution in [0, 0.1) is 0 Å². The van der Waals surface area contributed by atoms with Crippen LogP contribution in [-0.2, 0) is 5.54 Å². The molecule has 0 aliphatic carbocycles.